The molecule has 3 rings (SSSR count). The minimum absolute atomic E-state index is 0.0795. The molecule has 0 aliphatic carbocycles. The van der Waals surface area contributed by atoms with Crippen LogP contribution < -0.4 is 18.1 Å². The number of aryl methyl sites for hydroxylation is 4. The van der Waals surface area contributed by atoms with Crippen molar-refractivity contribution in [2.24, 2.45) is 0 Å². The van der Waals surface area contributed by atoms with Gasteiger partial charge in [-0.1, -0.05) is 42.5 Å². The molecular formula is C22H22Cl2O6P2. The molecule has 2 unspecified atom stereocenters. The maximum atomic E-state index is 12.7. The molecule has 0 N–H and O–H groups in total. The predicted octanol–water partition coefficient (Wildman–Crippen LogP) is 8.53. The molecular weight excluding hydrogens is 493 g/mol. The maximum absolute atomic E-state index is 12.7. The molecule has 0 bridgehead atoms. The highest BCUT2D eigenvalue weighted by Gasteiger charge is 2.29. The van der Waals surface area contributed by atoms with E-state index in [0.29, 0.717) is 11.5 Å². The van der Waals surface area contributed by atoms with Crippen molar-refractivity contribution in [3.8, 4) is 23.0 Å². The molecule has 0 fully saturated rings. The quantitative estimate of drug-likeness (QED) is 0.280. The molecule has 0 amide bonds. The minimum Gasteiger partial charge on any atom is -0.405 e. The molecule has 10 heteroatoms. The zero-order valence-corrected chi connectivity index (χ0v) is 21.2. The molecule has 6 nitrogen and oxygen atoms in total. The smallest absolute Gasteiger partial charge is 0.405 e. The average Bonchev–Trinajstić information content (AvgIpc) is 2.67. The van der Waals surface area contributed by atoms with Crippen LogP contribution >= 0.6 is 36.4 Å². The van der Waals surface area contributed by atoms with Gasteiger partial charge in [-0.05, 0) is 62.1 Å². The number of para-hydroxylation sites is 2. The molecule has 3 aromatic carbocycles. The van der Waals surface area contributed by atoms with Crippen molar-refractivity contribution < 1.29 is 27.2 Å². The summed E-state index contributed by atoms with van der Waals surface area (Å²) in [5.41, 5.74) is 3.05. The first-order chi connectivity index (χ1) is 15.0. The van der Waals surface area contributed by atoms with E-state index in [1.807, 2.05) is 64.1 Å². The van der Waals surface area contributed by atoms with Crippen LogP contribution in [0, 0.1) is 27.7 Å². The Morgan fingerprint density at radius 1 is 0.562 bits per heavy atom. The molecule has 0 aromatic heterocycles. The van der Waals surface area contributed by atoms with Crippen LogP contribution in [0.4, 0.5) is 0 Å². The molecule has 0 aliphatic rings. The fraction of sp³-hybridized carbons (Fsp3) is 0.182. The average molecular weight is 515 g/mol. The van der Waals surface area contributed by atoms with Crippen molar-refractivity contribution in [3.63, 3.8) is 0 Å². The van der Waals surface area contributed by atoms with Gasteiger partial charge in [0.25, 0.3) is 0 Å². The second-order valence-electron chi connectivity index (χ2n) is 7.14. The van der Waals surface area contributed by atoms with E-state index in [1.54, 1.807) is 0 Å². The molecule has 0 saturated heterocycles. The van der Waals surface area contributed by atoms with Gasteiger partial charge in [0, 0.05) is 28.5 Å². The summed E-state index contributed by atoms with van der Waals surface area (Å²) in [4.78, 5) is 0. The summed E-state index contributed by atoms with van der Waals surface area (Å²) in [5, 5.41) is 0. The number of hydrogen-bond donors (Lipinski definition) is 0. The van der Waals surface area contributed by atoms with E-state index in [-0.39, 0.29) is 11.5 Å². The number of rotatable bonds is 8. The van der Waals surface area contributed by atoms with E-state index in [0.717, 1.165) is 22.3 Å². The molecule has 0 spiro atoms. The molecule has 0 saturated carbocycles. The third-order valence-corrected chi connectivity index (χ3v) is 6.94. The first-order valence-corrected chi connectivity index (χ1v) is 14.5. The van der Waals surface area contributed by atoms with Crippen LogP contribution in [0.25, 0.3) is 0 Å². The summed E-state index contributed by atoms with van der Waals surface area (Å²) < 4.78 is 47.2. The second-order valence-corrected chi connectivity index (χ2v) is 12.1. The van der Waals surface area contributed by atoms with Gasteiger partial charge in [-0.25, -0.2) is 9.13 Å². The molecule has 0 heterocycles. The van der Waals surface area contributed by atoms with E-state index < -0.39 is 13.9 Å². The van der Waals surface area contributed by atoms with Crippen LogP contribution in [-0.4, -0.2) is 0 Å². The lowest BCUT2D eigenvalue weighted by Gasteiger charge is -2.18. The van der Waals surface area contributed by atoms with Gasteiger partial charge in [0.2, 0.25) is 0 Å². The van der Waals surface area contributed by atoms with Crippen LogP contribution in [0.1, 0.15) is 22.3 Å². The molecule has 3 aromatic rings. The van der Waals surface area contributed by atoms with E-state index in [2.05, 4.69) is 0 Å². The maximum Gasteiger partial charge on any atom is 0.530 e. The third kappa shape index (κ3) is 6.46. The highest BCUT2D eigenvalue weighted by molar-refractivity contribution is 7.82. The zero-order chi connectivity index (χ0) is 23.5. The van der Waals surface area contributed by atoms with E-state index in [9.17, 15) is 9.13 Å². The summed E-state index contributed by atoms with van der Waals surface area (Å²) in [6.07, 6.45) is 0. The second kappa shape index (κ2) is 9.80. The van der Waals surface area contributed by atoms with E-state index in [1.165, 1.54) is 24.3 Å². The molecule has 170 valence electrons. The molecule has 0 radical (unpaired) electrons. The van der Waals surface area contributed by atoms with E-state index in [4.69, 9.17) is 40.6 Å². The van der Waals surface area contributed by atoms with Crippen LogP contribution in [0.3, 0.4) is 0 Å². The Morgan fingerprint density at radius 2 is 0.875 bits per heavy atom. The van der Waals surface area contributed by atoms with Gasteiger partial charge in [0.05, 0.1) is 0 Å². The van der Waals surface area contributed by atoms with Crippen LogP contribution in [0.2, 0.25) is 0 Å². The van der Waals surface area contributed by atoms with Crippen molar-refractivity contribution >= 4 is 36.4 Å². The highest BCUT2D eigenvalue weighted by Crippen LogP contribution is 2.56. The fourth-order valence-corrected chi connectivity index (χ4v) is 5.69. The zero-order valence-electron chi connectivity index (χ0n) is 17.9. The van der Waals surface area contributed by atoms with Gasteiger partial charge in [-0.3, -0.25) is 0 Å². The largest absolute Gasteiger partial charge is 0.530 e. The molecule has 32 heavy (non-hydrogen) atoms. The van der Waals surface area contributed by atoms with Crippen molar-refractivity contribution in [1.29, 1.82) is 0 Å². The van der Waals surface area contributed by atoms with E-state index >= 15 is 0 Å². The lowest BCUT2D eigenvalue weighted by atomic mass is 10.1. The van der Waals surface area contributed by atoms with Crippen LogP contribution in [0.15, 0.2) is 60.7 Å². The van der Waals surface area contributed by atoms with Crippen molar-refractivity contribution in [2.75, 3.05) is 0 Å². The van der Waals surface area contributed by atoms with Gasteiger partial charge in [0.15, 0.2) is 0 Å². The molecule has 2 atom stereocenters. The summed E-state index contributed by atoms with van der Waals surface area (Å²) in [6.45, 7) is -0.862. The topological polar surface area (TPSA) is 71.1 Å². The Labute approximate surface area is 197 Å². The first kappa shape index (κ1) is 24.5. The lowest BCUT2D eigenvalue weighted by molar-refractivity contribution is 0.398. The summed E-state index contributed by atoms with van der Waals surface area (Å²) in [6, 6.07) is 16.8. The van der Waals surface area contributed by atoms with Gasteiger partial charge >= 0.3 is 13.9 Å². The molecule has 0 aliphatic heterocycles. The Morgan fingerprint density at radius 3 is 1.22 bits per heavy atom. The highest BCUT2D eigenvalue weighted by atomic mass is 35.7. The van der Waals surface area contributed by atoms with Gasteiger partial charge in [-0.15, -0.1) is 0 Å². The Bertz CT molecular complexity index is 1100. The SMILES string of the molecule is Cc1cccc(C)c1OP(=O)(Cl)Oc1cccc(OP(=O)(Cl)Oc2c(C)cccc2C)c1. The van der Waals surface area contributed by atoms with Crippen molar-refractivity contribution in [1.82, 2.24) is 0 Å². The predicted molar refractivity (Wildman–Crippen MR) is 128 cm³/mol. The fourth-order valence-electron chi connectivity index (χ4n) is 2.98. The monoisotopic (exact) mass is 514 g/mol. The minimum atomic E-state index is -4.05. The van der Waals surface area contributed by atoms with Crippen molar-refractivity contribution in [2.45, 2.75) is 27.7 Å². The Balaban J connectivity index is 1.75. The summed E-state index contributed by atoms with van der Waals surface area (Å²) >= 11 is 12.1. The number of benzene rings is 3. The van der Waals surface area contributed by atoms with Crippen LogP contribution in [0.5, 0.6) is 23.0 Å². The Kier molecular flexibility index (Phi) is 7.52. The number of halogens is 2. The standard InChI is InChI=1S/C22H22Cl2O6P2/c1-15-8-5-9-16(2)21(15)29-31(23,25)27-19-12-7-13-20(14-19)28-32(24,26)30-22-17(3)10-6-11-18(22)4/h5-14H,1-4H3. The van der Waals surface area contributed by atoms with Gasteiger partial charge in [0.1, 0.15) is 23.0 Å². The van der Waals surface area contributed by atoms with Crippen LogP contribution in [-0.2, 0) is 9.13 Å². The normalized spacial score (nSPS) is 14.7. The summed E-state index contributed by atoms with van der Waals surface area (Å²) in [7, 11) is 0. The summed E-state index contributed by atoms with van der Waals surface area (Å²) in [5.74, 6) is 0.919. The number of hydrogen-bond acceptors (Lipinski definition) is 6. The van der Waals surface area contributed by atoms with Crippen molar-refractivity contribution in [3.05, 3.63) is 82.9 Å². The lowest BCUT2D eigenvalue weighted by Crippen LogP contribution is -2.00. The third-order valence-electron chi connectivity index (χ3n) is 4.45. The van der Waals surface area contributed by atoms with Gasteiger partial charge in [-0.2, -0.15) is 0 Å². The van der Waals surface area contributed by atoms with Gasteiger partial charge < -0.3 is 18.1 Å². The first-order valence-electron chi connectivity index (χ1n) is 9.56. The Hall–Kier alpha value is -2.10.